The molecule has 0 bridgehead atoms. The maximum absolute atomic E-state index is 13.7. The van der Waals surface area contributed by atoms with Crippen molar-refractivity contribution in [2.45, 2.75) is 13.0 Å². The third-order valence-corrected chi connectivity index (χ3v) is 2.87. The first-order valence-corrected chi connectivity index (χ1v) is 5.56. The van der Waals surface area contributed by atoms with Gasteiger partial charge in [0.15, 0.2) is 5.11 Å². The van der Waals surface area contributed by atoms with Crippen molar-refractivity contribution in [1.29, 1.82) is 0 Å². The summed E-state index contributed by atoms with van der Waals surface area (Å²) >= 11 is 11.0. The zero-order valence-corrected chi connectivity index (χ0v) is 10.1. The maximum Gasteiger partial charge on any atom is 0.171 e. The Bertz CT molecular complexity index is 453. The van der Waals surface area contributed by atoms with Crippen LogP contribution >= 0.6 is 23.8 Å². The molecule has 1 atom stereocenters. The van der Waals surface area contributed by atoms with Crippen molar-refractivity contribution in [3.05, 3.63) is 46.4 Å². The van der Waals surface area contributed by atoms with Gasteiger partial charge in [-0.3, -0.25) is 0 Å². The summed E-state index contributed by atoms with van der Waals surface area (Å²) < 4.78 is 13.7. The van der Waals surface area contributed by atoms with Gasteiger partial charge < -0.3 is 10.6 Å². The van der Waals surface area contributed by atoms with E-state index in [9.17, 15) is 4.39 Å². The number of benzene rings is 1. The van der Waals surface area contributed by atoms with Gasteiger partial charge in [-0.1, -0.05) is 17.7 Å². The molecule has 1 aliphatic heterocycles. The standard InChI is InChI=1S/C11H10ClFN2S/c1-6-5-9(15-11(16)14-6)10-7(12)3-2-4-8(10)13/h2-5,9H,1H3,(H2,14,15,16). The number of thiocarbonyl (C=S) groups is 1. The van der Waals surface area contributed by atoms with Gasteiger partial charge in [-0.2, -0.15) is 0 Å². The molecule has 0 spiro atoms. The lowest BCUT2D eigenvalue weighted by molar-refractivity contribution is 0.588. The number of allylic oxidation sites excluding steroid dienone is 1. The Hall–Kier alpha value is -1.13. The Kier molecular flexibility index (Phi) is 3.12. The second-order valence-electron chi connectivity index (χ2n) is 3.56. The summed E-state index contributed by atoms with van der Waals surface area (Å²) in [5, 5.41) is 6.77. The molecule has 5 heteroatoms. The van der Waals surface area contributed by atoms with Gasteiger partial charge in [-0.05, 0) is 37.4 Å². The molecule has 0 aliphatic carbocycles. The third kappa shape index (κ3) is 2.18. The van der Waals surface area contributed by atoms with E-state index in [-0.39, 0.29) is 11.9 Å². The van der Waals surface area contributed by atoms with Crippen molar-refractivity contribution < 1.29 is 4.39 Å². The Labute approximate surface area is 103 Å². The van der Waals surface area contributed by atoms with Crippen molar-refractivity contribution in [2.24, 2.45) is 0 Å². The smallest absolute Gasteiger partial charge is 0.171 e. The fourth-order valence-corrected chi connectivity index (χ4v) is 2.22. The van der Waals surface area contributed by atoms with Gasteiger partial charge in [0, 0.05) is 16.3 Å². The van der Waals surface area contributed by atoms with Crippen LogP contribution in [0.1, 0.15) is 18.5 Å². The van der Waals surface area contributed by atoms with Crippen LogP contribution in [-0.4, -0.2) is 5.11 Å². The second kappa shape index (κ2) is 4.39. The molecule has 2 nitrogen and oxygen atoms in total. The highest BCUT2D eigenvalue weighted by Gasteiger charge is 2.21. The lowest BCUT2D eigenvalue weighted by atomic mass is 10.0. The van der Waals surface area contributed by atoms with Gasteiger partial charge in [-0.15, -0.1) is 0 Å². The first-order chi connectivity index (χ1) is 7.58. The Morgan fingerprint density at radius 2 is 2.19 bits per heavy atom. The summed E-state index contributed by atoms with van der Waals surface area (Å²) in [5.74, 6) is -0.334. The third-order valence-electron chi connectivity index (χ3n) is 2.32. The minimum Gasteiger partial charge on any atom is -0.352 e. The highest BCUT2D eigenvalue weighted by molar-refractivity contribution is 7.80. The average molecular weight is 257 g/mol. The molecule has 0 amide bonds. The zero-order valence-electron chi connectivity index (χ0n) is 8.55. The fraction of sp³-hybridized carbons (Fsp3) is 0.182. The molecular weight excluding hydrogens is 247 g/mol. The number of hydrogen-bond acceptors (Lipinski definition) is 1. The summed E-state index contributed by atoms with van der Waals surface area (Å²) in [6, 6.07) is 4.31. The molecule has 2 N–H and O–H groups in total. The van der Waals surface area contributed by atoms with Crippen molar-refractivity contribution in [1.82, 2.24) is 10.6 Å². The van der Waals surface area contributed by atoms with Gasteiger partial charge in [-0.25, -0.2) is 4.39 Å². The molecule has 0 radical (unpaired) electrons. The van der Waals surface area contributed by atoms with E-state index in [0.717, 1.165) is 5.70 Å². The number of halogens is 2. The molecule has 84 valence electrons. The topological polar surface area (TPSA) is 24.1 Å². The highest BCUT2D eigenvalue weighted by atomic mass is 35.5. The summed E-state index contributed by atoms with van der Waals surface area (Å²) in [6.07, 6.45) is 1.85. The molecule has 1 unspecified atom stereocenters. The molecule has 2 rings (SSSR count). The molecule has 0 saturated heterocycles. The van der Waals surface area contributed by atoms with Gasteiger partial charge >= 0.3 is 0 Å². The van der Waals surface area contributed by atoms with Crippen LogP contribution in [0.4, 0.5) is 4.39 Å². The van der Waals surface area contributed by atoms with Gasteiger partial charge in [0.25, 0.3) is 0 Å². The van der Waals surface area contributed by atoms with Gasteiger partial charge in [0.2, 0.25) is 0 Å². The summed E-state index contributed by atoms with van der Waals surface area (Å²) in [5.41, 5.74) is 1.31. The second-order valence-corrected chi connectivity index (χ2v) is 4.38. The van der Waals surface area contributed by atoms with Crippen molar-refractivity contribution >= 4 is 28.9 Å². The predicted molar refractivity (Wildman–Crippen MR) is 66.8 cm³/mol. The minimum atomic E-state index is -0.334. The van der Waals surface area contributed by atoms with E-state index in [0.29, 0.717) is 15.7 Å². The number of nitrogens with one attached hydrogen (secondary N) is 2. The van der Waals surface area contributed by atoms with Crippen LogP contribution in [-0.2, 0) is 0 Å². The van der Waals surface area contributed by atoms with Crippen LogP contribution in [0.15, 0.2) is 30.0 Å². The molecule has 1 aromatic rings. The zero-order chi connectivity index (χ0) is 11.7. The van der Waals surface area contributed by atoms with Crippen LogP contribution in [0, 0.1) is 5.82 Å². The van der Waals surface area contributed by atoms with Crippen LogP contribution < -0.4 is 10.6 Å². The minimum absolute atomic E-state index is 0.317. The largest absolute Gasteiger partial charge is 0.352 e. The molecule has 0 fully saturated rings. The number of hydrogen-bond donors (Lipinski definition) is 2. The maximum atomic E-state index is 13.7. The molecular formula is C11H10ClFN2S. The van der Waals surface area contributed by atoms with Crippen LogP contribution in [0.25, 0.3) is 0 Å². The van der Waals surface area contributed by atoms with Crippen LogP contribution in [0.2, 0.25) is 5.02 Å². The van der Waals surface area contributed by atoms with E-state index in [1.165, 1.54) is 6.07 Å². The first kappa shape index (κ1) is 11.4. The van der Waals surface area contributed by atoms with Gasteiger partial charge in [0.05, 0.1) is 6.04 Å². The highest BCUT2D eigenvalue weighted by Crippen LogP contribution is 2.28. The van der Waals surface area contributed by atoms with E-state index >= 15 is 0 Å². The lowest BCUT2D eigenvalue weighted by Gasteiger charge is -2.25. The Morgan fingerprint density at radius 3 is 2.81 bits per heavy atom. The predicted octanol–water partition coefficient (Wildman–Crippen LogP) is 2.90. The fourth-order valence-electron chi connectivity index (χ4n) is 1.65. The molecule has 1 aliphatic rings. The van der Waals surface area contributed by atoms with Crippen LogP contribution in [0.5, 0.6) is 0 Å². The Morgan fingerprint density at radius 1 is 1.44 bits per heavy atom. The van der Waals surface area contributed by atoms with Crippen molar-refractivity contribution in [3.63, 3.8) is 0 Å². The lowest BCUT2D eigenvalue weighted by Crippen LogP contribution is -2.40. The molecule has 16 heavy (non-hydrogen) atoms. The molecule has 0 saturated carbocycles. The first-order valence-electron chi connectivity index (χ1n) is 4.78. The summed E-state index contributed by atoms with van der Waals surface area (Å²) in [6.45, 7) is 1.87. The normalized spacial score (nSPS) is 19.8. The van der Waals surface area contributed by atoms with E-state index in [2.05, 4.69) is 10.6 Å². The van der Waals surface area contributed by atoms with Gasteiger partial charge in [0.1, 0.15) is 5.82 Å². The van der Waals surface area contributed by atoms with Crippen LogP contribution in [0.3, 0.4) is 0 Å². The molecule has 0 aromatic heterocycles. The Balaban J connectivity index is 2.44. The molecule has 1 heterocycles. The SMILES string of the molecule is CC1=CC(c2c(F)cccc2Cl)NC(=S)N1. The molecule has 1 aromatic carbocycles. The summed E-state index contributed by atoms with van der Waals surface area (Å²) in [7, 11) is 0. The van der Waals surface area contributed by atoms with E-state index in [1.54, 1.807) is 12.1 Å². The number of rotatable bonds is 1. The average Bonchev–Trinajstić information content (AvgIpc) is 2.15. The monoisotopic (exact) mass is 256 g/mol. The van der Waals surface area contributed by atoms with Crippen molar-refractivity contribution in [2.75, 3.05) is 0 Å². The van der Waals surface area contributed by atoms with E-state index in [1.807, 2.05) is 13.0 Å². The quantitative estimate of drug-likeness (QED) is 0.756. The van der Waals surface area contributed by atoms with Crippen molar-refractivity contribution in [3.8, 4) is 0 Å². The van der Waals surface area contributed by atoms with E-state index in [4.69, 9.17) is 23.8 Å². The summed E-state index contributed by atoms with van der Waals surface area (Å²) in [4.78, 5) is 0. The van der Waals surface area contributed by atoms with E-state index < -0.39 is 0 Å².